The lowest BCUT2D eigenvalue weighted by atomic mass is 10.0. The summed E-state index contributed by atoms with van der Waals surface area (Å²) in [6.45, 7) is 3.90. The molecule has 1 N–H and O–H groups in total. The first kappa shape index (κ1) is 73.3. The number of carbonyl (C=O) groups excluding carboxylic acids is 2. The van der Waals surface area contributed by atoms with Gasteiger partial charge in [-0.1, -0.05) is 287 Å². The van der Waals surface area contributed by atoms with Crippen LogP contribution >= 0.6 is 0 Å². The van der Waals surface area contributed by atoms with Crippen molar-refractivity contribution in [3.05, 3.63) is 170 Å². The Bertz CT molecular complexity index is 1740. The topological polar surface area (TPSA) is 72.8 Å². The largest absolute Gasteiger partial charge is 0.462 e. The summed E-state index contributed by atoms with van der Waals surface area (Å²) in [5, 5.41) is 9.68. The van der Waals surface area contributed by atoms with Crippen molar-refractivity contribution in [2.24, 2.45) is 0 Å². The summed E-state index contributed by atoms with van der Waals surface area (Å²) in [5.41, 5.74) is 0. The Kier molecular flexibility index (Phi) is 62.5. The molecule has 1 unspecified atom stereocenters. The van der Waals surface area contributed by atoms with Crippen molar-refractivity contribution in [3.8, 4) is 0 Å². The van der Waals surface area contributed by atoms with Gasteiger partial charge in [0.25, 0.3) is 0 Å². The van der Waals surface area contributed by atoms with Crippen molar-refractivity contribution in [2.45, 2.75) is 264 Å². The first-order chi connectivity index (χ1) is 38.6. The second-order valence-corrected chi connectivity index (χ2v) is 20.4. The van der Waals surface area contributed by atoms with Gasteiger partial charge in [-0.05, 0) is 128 Å². The molecule has 5 heteroatoms. The summed E-state index contributed by atoms with van der Waals surface area (Å²) in [7, 11) is 0. The Labute approximate surface area is 481 Å². The number of rotatable bonds is 56. The van der Waals surface area contributed by atoms with E-state index in [1.54, 1.807) is 0 Å². The molecule has 0 bridgehead atoms. The molecule has 0 aliphatic carbocycles. The monoisotopic (exact) mass is 1070 g/mol. The SMILES string of the molecule is CC/C=C\C/C=C\C/C=C\C/C=C\C/C=C\C/C=C\C/C=C\C/C=C\C/C=C\CCCCCCCC(=O)OC(CO)COC(=O)CCCCCCCCCCCCCCCCC/C=C\C/C=C\C/C=C\C/C=C\C/C=C\CC. The van der Waals surface area contributed by atoms with E-state index in [4.69, 9.17) is 9.47 Å². The molecular weight excluding hydrogens is 957 g/mol. The molecule has 0 radical (unpaired) electrons. The summed E-state index contributed by atoms with van der Waals surface area (Å²) >= 11 is 0. The van der Waals surface area contributed by atoms with Gasteiger partial charge in [0.1, 0.15) is 6.61 Å². The second-order valence-electron chi connectivity index (χ2n) is 20.4. The van der Waals surface area contributed by atoms with E-state index in [9.17, 15) is 14.7 Å². The maximum atomic E-state index is 12.3. The number of unbranched alkanes of at least 4 members (excludes halogenated alkanes) is 20. The lowest BCUT2D eigenvalue weighted by molar-refractivity contribution is -0.161. The Morgan fingerprint density at radius 1 is 0.295 bits per heavy atom. The number of hydrogen-bond acceptors (Lipinski definition) is 5. The molecule has 0 fully saturated rings. The van der Waals surface area contributed by atoms with Crippen LogP contribution in [0.1, 0.15) is 258 Å². The summed E-state index contributed by atoms with van der Waals surface area (Å²) in [6.07, 6.45) is 103. The molecule has 0 spiro atoms. The van der Waals surface area contributed by atoms with Gasteiger partial charge in [0, 0.05) is 12.8 Å². The summed E-state index contributed by atoms with van der Waals surface area (Å²) < 4.78 is 10.7. The first-order valence-corrected chi connectivity index (χ1v) is 31.7. The van der Waals surface area contributed by atoms with Gasteiger partial charge in [-0.15, -0.1) is 0 Å². The van der Waals surface area contributed by atoms with Crippen molar-refractivity contribution < 1.29 is 24.2 Å². The highest BCUT2D eigenvalue weighted by Gasteiger charge is 2.16. The lowest BCUT2D eigenvalue weighted by Crippen LogP contribution is -2.28. The molecule has 0 aliphatic heterocycles. The van der Waals surface area contributed by atoms with Crippen LogP contribution in [0.2, 0.25) is 0 Å². The zero-order valence-corrected chi connectivity index (χ0v) is 50.1. The van der Waals surface area contributed by atoms with Crippen LogP contribution in [0.4, 0.5) is 0 Å². The third kappa shape index (κ3) is 63.8. The van der Waals surface area contributed by atoms with Crippen molar-refractivity contribution in [1.29, 1.82) is 0 Å². The standard InChI is InChI=1S/C73H116O5/c1-3-5-7-9-11-13-15-17-19-21-23-25-27-29-31-33-35-36-38-40-42-44-46-48-50-52-54-56-58-60-62-64-66-68-73(76)78-71(69-74)70-77-72(75)67-65-63-61-59-57-55-53-51-49-47-45-43-41-39-37-34-32-30-28-26-24-22-20-18-16-14-12-10-8-6-4-2/h5-8,11-14,17-20,23-26,29-32,35-36,40,42,46,48,52,54,71,74H,3-4,9-10,15-16,21-22,27-28,33-34,37-39,41,43-45,47,49-51,53,55-70H2,1-2H3/b7-5-,8-6-,13-11-,14-12-,19-17-,20-18-,25-23-,26-24-,31-29-,32-30-,36-35-,42-40-,48-46-,54-52-. The molecule has 5 nitrogen and oxygen atoms in total. The fourth-order valence-corrected chi connectivity index (χ4v) is 8.34. The van der Waals surface area contributed by atoms with Crippen molar-refractivity contribution in [2.75, 3.05) is 13.2 Å². The molecule has 0 rings (SSSR count). The maximum Gasteiger partial charge on any atom is 0.306 e. The number of aliphatic hydroxyl groups excluding tert-OH is 1. The molecule has 78 heavy (non-hydrogen) atoms. The van der Waals surface area contributed by atoms with Gasteiger partial charge in [-0.2, -0.15) is 0 Å². The zero-order valence-electron chi connectivity index (χ0n) is 50.1. The molecule has 0 aliphatic rings. The normalized spacial score (nSPS) is 13.4. The second kappa shape index (κ2) is 66.5. The lowest BCUT2D eigenvalue weighted by Gasteiger charge is -2.15. The minimum atomic E-state index is -0.797. The van der Waals surface area contributed by atoms with Crippen LogP contribution in [0.25, 0.3) is 0 Å². The van der Waals surface area contributed by atoms with E-state index in [-0.39, 0.29) is 25.2 Å². The van der Waals surface area contributed by atoms with E-state index in [1.807, 2.05) is 0 Å². The third-order valence-electron chi connectivity index (χ3n) is 13.0. The number of ether oxygens (including phenoxy) is 2. The average molecular weight is 1070 g/mol. The smallest absolute Gasteiger partial charge is 0.306 e. The summed E-state index contributed by atoms with van der Waals surface area (Å²) in [6, 6.07) is 0. The van der Waals surface area contributed by atoms with Crippen molar-refractivity contribution in [1.82, 2.24) is 0 Å². The Morgan fingerprint density at radius 2 is 0.513 bits per heavy atom. The fourth-order valence-electron chi connectivity index (χ4n) is 8.34. The molecule has 0 amide bonds. The van der Waals surface area contributed by atoms with Crippen LogP contribution in [0.15, 0.2) is 170 Å². The zero-order chi connectivity index (χ0) is 56.2. The van der Waals surface area contributed by atoms with Crippen LogP contribution in [-0.4, -0.2) is 36.4 Å². The van der Waals surface area contributed by atoms with Gasteiger partial charge >= 0.3 is 11.9 Å². The van der Waals surface area contributed by atoms with Gasteiger partial charge in [-0.3, -0.25) is 9.59 Å². The summed E-state index contributed by atoms with van der Waals surface area (Å²) in [4.78, 5) is 24.6. The van der Waals surface area contributed by atoms with Crippen LogP contribution in [-0.2, 0) is 19.1 Å². The Hall–Kier alpha value is -4.74. The van der Waals surface area contributed by atoms with Crippen LogP contribution < -0.4 is 0 Å². The number of allylic oxidation sites excluding steroid dienone is 28. The average Bonchev–Trinajstić information content (AvgIpc) is 3.44. The minimum absolute atomic E-state index is 0.0837. The minimum Gasteiger partial charge on any atom is -0.462 e. The van der Waals surface area contributed by atoms with Crippen LogP contribution in [0, 0.1) is 0 Å². The molecule has 0 aromatic rings. The molecule has 0 saturated carbocycles. The van der Waals surface area contributed by atoms with Gasteiger partial charge in [0.15, 0.2) is 6.10 Å². The van der Waals surface area contributed by atoms with E-state index in [1.165, 1.54) is 83.5 Å². The summed E-state index contributed by atoms with van der Waals surface area (Å²) in [5.74, 6) is -0.620. The predicted molar refractivity (Wildman–Crippen MR) is 343 cm³/mol. The molecule has 0 aromatic heterocycles. The maximum absolute atomic E-state index is 12.3. The van der Waals surface area contributed by atoms with Gasteiger partial charge in [-0.25, -0.2) is 0 Å². The number of carbonyl (C=O) groups is 2. The fraction of sp³-hybridized carbons (Fsp3) is 0.589. The van der Waals surface area contributed by atoms with Crippen LogP contribution in [0.5, 0.6) is 0 Å². The Morgan fingerprint density at radius 3 is 0.769 bits per heavy atom. The number of hydrogen-bond donors (Lipinski definition) is 1. The van der Waals surface area contributed by atoms with E-state index in [0.717, 1.165) is 148 Å². The highest BCUT2D eigenvalue weighted by atomic mass is 16.6. The van der Waals surface area contributed by atoms with Gasteiger partial charge in [0.05, 0.1) is 6.61 Å². The van der Waals surface area contributed by atoms with Crippen LogP contribution in [0.3, 0.4) is 0 Å². The quantitative estimate of drug-likeness (QED) is 0.0373. The highest BCUT2D eigenvalue weighted by molar-refractivity contribution is 5.70. The number of aliphatic hydroxyl groups is 1. The first-order valence-electron chi connectivity index (χ1n) is 31.7. The molecule has 1 atom stereocenters. The third-order valence-corrected chi connectivity index (χ3v) is 13.0. The highest BCUT2D eigenvalue weighted by Crippen LogP contribution is 2.15. The van der Waals surface area contributed by atoms with Gasteiger partial charge < -0.3 is 14.6 Å². The Balaban J connectivity index is 3.59. The van der Waals surface area contributed by atoms with E-state index in [0.29, 0.717) is 12.8 Å². The van der Waals surface area contributed by atoms with E-state index in [2.05, 4.69) is 184 Å². The number of esters is 2. The van der Waals surface area contributed by atoms with E-state index < -0.39 is 6.10 Å². The van der Waals surface area contributed by atoms with Crippen molar-refractivity contribution >= 4 is 11.9 Å². The predicted octanol–water partition coefficient (Wildman–Crippen LogP) is 22.1. The molecule has 0 heterocycles. The molecule has 0 aromatic carbocycles. The molecule has 0 saturated heterocycles. The molecule has 438 valence electrons. The van der Waals surface area contributed by atoms with Gasteiger partial charge in [0.2, 0.25) is 0 Å². The van der Waals surface area contributed by atoms with Crippen molar-refractivity contribution in [3.63, 3.8) is 0 Å². The molecular formula is C73H116O5. The van der Waals surface area contributed by atoms with E-state index >= 15 is 0 Å².